The third-order valence-electron chi connectivity index (χ3n) is 7.62. The number of carbonyl (C=O) groups excluding carboxylic acids is 1. The third kappa shape index (κ3) is 7.77. The molecule has 0 saturated carbocycles. The van der Waals surface area contributed by atoms with Crippen LogP contribution in [0.4, 0.5) is 5.82 Å². The molecular weight excluding hydrogens is 532 g/mol. The highest BCUT2D eigenvalue weighted by atomic mass is 28.3. The molecule has 41 heavy (non-hydrogen) atoms. The second-order valence-corrected chi connectivity index (χ2v) is 19.4. The van der Waals surface area contributed by atoms with Crippen LogP contribution in [0.25, 0.3) is 0 Å². The van der Waals surface area contributed by atoms with Crippen molar-refractivity contribution in [3.05, 3.63) is 59.3 Å². The highest BCUT2D eigenvalue weighted by Crippen LogP contribution is 2.38. The molecule has 4 heterocycles. The summed E-state index contributed by atoms with van der Waals surface area (Å²) in [6.07, 6.45) is 7.71. The summed E-state index contributed by atoms with van der Waals surface area (Å²) in [5, 5.41) is 2.84. The molecule has 1 atom stereocenters. The van der Waals surface area contributed by atoms with Crippen LogP contribution in [0.2, 0.25) is 25.7 Å². The number of aromatic nitrogens is 3. The molecule has 3 aromatic rings. The quantitative estimate of drug-likeness (QED) is 0.207. The molecule has 0 bridgehead atoms. The first-order valence-corrected chi connectivity index (χ1v) is 18.5. The normalized spacial score (nSPS) is 16.9. The number of imidazole rings is 1. The van der Waals surface area contributed by atoms with Crippen LogP contribution in [0.15, 0.2) is 36.7 Å². The minimum atomic E-state index is -1.16. The van der Waals surface area contributed by atoms with Gasteiger partial charge in [0.2, 0.25) is 5.91 Å². The van der Waals surface area contributed by atoms with E-state index in [-0.39, 0.29) is 17.2 Å². The number of nitrogens with one attached hydrogen (secondary N) is 1. The molecule has 0 fully saturated rings. The fourth-order valence-corrected chi connectivity index (χ4v) is 5.92. The molecule has 220 valence electrons. The summed E-state index contributed by atoms with van der Waals surface area (Å²) in [5.41, 5.74) is 3.39. The van der Waals surface area contributed by atoms with Crippen molar-refractivity contribution in [3.8, 4) is 17.2 Å². The highest BCUT2D eigenvalue weighted by molar-refractivity contribution is 6.76. The fraction of sp³-hybridized carbons (Fsp3) is 0.531. The minimum absolute atomic E-state index is 0.0134. The number of amides is 1. The number of carbonyl (C=O) groups is 1. The first-order chi connectivity index (χ1) is 19.4. The minimum Gasteiger partial charge on any atom is -0.493 e. The SMILES string of the molecule is CC(C)(C)CCc1cn(COCC[Si](C)(C)C)c(C2COc3ccc(Oc4ccnc5c4CCC(=O)N5)cc3C2)n1. The Morgan fingerprint density at radius 2 is 2.00 bits per heavy atom. The molecule has 0 radical (unpaired) electrons. The standard InChI is InChI=1S/C32H44N4O4Si/c1-32(2,3)13-11-24-19-36(21-38-15-16-41(4,5)6)31(34-24)23-17-22-18-25(7-9-27(22)39-20-23)40-28-12-14-33-30-26(28)8-10-29(37)35-30/h7,9,12,14,18-19,23H,8,10-11,13,15-17,20-21H2,1-6H3,(H,33,35,37). The van der Waals surface area contributed by atoms with E-state index in [4.69, 9.17) is 19.2 Å². The highest BCUT2D eigenvalue weighted by Gasteiger charge is 2.27. The maximum Gasteiger partial charge on any atom is 0.225 e. The number of anilines is 1. The van der Waals surface area contributed by atoms with Gasteiger partial charge in [-0.2, -0.15) is 0 Å². The second kappa shape index (κ2) is 12.0. The summed E-state index contributed by atoms with van der Waals surface area (Å²) in [7, 11) is -1.16. The molecule has 1 aromatic carbocycles. The van der Waals surface area contributed by atoms with Gasteiger partial charge in [-0.05, 0) is 67.0 Å². The summed E-state index contributed by atoms with van der Waals surface area (Å²) in [6.45, 7) is 15.8. The van der Waals surface area contributed by atoms with Crippen LogP contribution in [0.5, 0.6) is 17.2 Å². The van der Waals surface area contributed by atoms with E-state index in [0.717, 1.165) is 71.8 Å². The molecule has 2 aromatic heterocycles. The van der Waals surface area contributed by atoms with Crippen LogP contribution in [-0.2, 0) is 35.5 Å². The summed E-state index contributed by atoms with van der Waals surface area (Å²) >= 11 is 0. The average Bonchev–Trinajstić information content (AvgIpc) is 3.32. The third-order valence-corrected chi connectivity index (χ3v) is 9.32. The topological polar surface area (TPSA) is 87.5 Å². The van der Waals surface area contributed by atoms with Crippen molar-refractivity contribution in [2.45, 2.75) is 91.2 Å². The van der Waals surface area contributed by atoms with Gasteiger partial charge in [-0.15, -0.1) is 0 Å². The molecule has 5 rings (SSSR count). The Morgan fingerprint density at radius 3 is 2.78 bits per heavy atom. The number of fused-ring (bicyclic) bond motifs is 2. The van der Waals surface area contributed by atoms with E-state index in [1.54, 1.807) is 6.20 Å². The van der Waals surface area contributed by atoms with Gasteiger partial charge in [0.25, 0.3) is 0 Å². The number of hydrogen-bond acceptors (Lipinski definition) is 6. The molecule has 9 heteroatoms. The molecule has 2 aliphatic heterocycles. The van der Waals surface area contributed by atoms with E-state index in [2.05, 4.69) is 67.5 Å². The van der Waals surface area contributed by atoms with Crippen molar-refractivity contribution >= 4 is 19.8 Å². The van der Waals surface area contributed by atoms with Gasteiger partial charge in [-0.3, -0.25) is 4.79 Å². The molecule has 1 N–H and O–H groups in total. The van der Waals surface area contributed by atoms with Gasteiger partial charge in [0, 0.05) is 39.1 Å². The first-order valence-electron chi connectivity index (χ1n) is 14.8. The number of aryl methyl sites for hydroxylation is 1. The summed E-state index contributed by atoms with van der Waals surface area (Å²) < 4.78 is 20.9. The fourth-order valence-electron chi connectivity index (χ4n) is 5.16. The Bertz CT molecular complexity index is 1390. The van der Waals surface area contributed by atoms with Crippen molar-refractivity contribution in [3.63, 3.8) is 0 Å². The zero-order valence-electron chi connectivity index (χ0n) is 25.4. The van der Waals surface area contributed by atoms with E-state index in [0.29, 0.717) is 32.0 Å². The smallest absolute Gasteiger partial charge is 0.225 e. The molecule has 2 aliphatic rings. The van der Waals surface area contributed by atoms with Gasteiger partial charge in [0.05, 0.1) is 18.2 Å². The van der Waals surface area contributed by atoms with Crippen molar-refractivity contribution in [1.82, 2.24) is 14.5 Å². The first kappa shape index (κ1) is 29.3. The number of benzene rings is 1. The zero-order chi connectivity index (χ0) is 29.2. The predicted octanol–water partition coefficient (Wildman–Crippen LogP) is 6.96. The van der Waals surface area contributed by atoms with Crippen LogP contribution >= 0.6 is 0 Å². The molecular formula is C32H44N4O4Si. The Morgan fingerprint density at radius 1 is 1.17 bits per heavy atom. The van der Waals surface area contributed by atoms with Crippen LogP contribution in [-0.4, -0.2) is 41.7 Å². The van der Waals surface area contributed by atoms with E-state index in [1.807, 2.05) is 18.2 Å². The van der Waals surface area contributed by atoms with Crippen molar-refractivity contribution in [2.24, 2.45) is 5.41 Å². The van der Waals surface area contributed by atoms with Crippen molar-refractivity contribution in [2.75, 3.05) is 18.5 Å². The molecule has 8 nitrogen and oxygen atoms in total. The summed E-state index contributed by atoms with van der Waals surface area (Å²) in [5.74, 6) is 4.06. The molecule has 0 spiro atoms. The maximum absolute atomic E-state index is 11.8. The lowest BCUT2D eigenvalue weighted by Crippen LogP contribution is -2.24. The second-order valence-electron chi connectivity index (χ2n) is 13.7. The summed E-state index contributed by atoms with van der Waals surface area (Å²) in [4.78, 5) is 21.2. The van der Waals surface area contributed by atoms with Crippen LogP contribution in [0, 0.1) is 5.41 Å². The molecule has 0 saturated heterocycles. The summed E-state index contributed by atoms with van der Waals surface area (Å²) in [6, 6.07) is 8.98. The average molecular weight is 577 g/mol. The van der Waals surface area contributed by atoms with E-state index in [1.165, 1.54) is 0 Å². The monoisotopic (exact) mass is 576 g/mol. The maximum atomic E-state index is 11.8. The van der Waals surface area contributed by atoms with Gasteiger partial charge in [-0.1, -0.05) is 40.4 Å². The van der Waals surface area contributed by atoms with Crippen LogP contribution < -0.4 is 14.8 Å². The number of rotatable bonds is 10. The zero-order valence-corrected chi connectivity index (χ0v) is 26.4. The van der Waals surface area contributed by atoms with Gasteiger partial charge in [0.1, 0.15) is 35.6 Å². The van der Waals surface area contributed by atoms with Crippen molar-refractivity contribution in [1.29, 1.82) is 0 Å². The van der Waals surface area contributed by atoms with E-state index < -0.39 is 8.07 Å². The van der Waals surface area contributed by atoms with Crippen LogP contribution in [0.3, 0.4) is 0 Å². The predicted molar refractivity (Wildman–Crippen MR) is 164 cm³/mol. The lowest BCUT2D eigenvalue weighted by Gasteiger charge is -2.26. The van der Waals surface area contributed by atoms with Gasteiger partial charge < -0.3 is 24.1 Å². The number of ether oxygens (including phenoxy) is 3. The Balaban J connectivity index is 1.33. The largest absolute Gasteiger partial charge is 0.493 e. The Hall–Kier alpha value is -3.17. The van der Waals surface area contributed by atoms with Crippen LogP contribution in [0.1, 0.15) is 62.2 Å². The van der Waals surface area contributed by atoms with Crippen molar-refractivity contribution < 1.29 is 19.0 Å². The van der Waals surface area contributed by atoms with E-state index in [9.17, 15) is 4.79 Å². The van der Waals surface area contributed by atoms with E-state index >= 15 is 0 Å². The van der Waals surface area contributed by atoms with Gasteiger partial charge >= 0.3 is 0 Å². The molecule has 1 amide bonds. The van der Waals surface area contributed by atoms with Gasteiger partial charge in [0.15, 0.2) is 0 Å². The Labute approximate surface area is 244 Å². The number of pyridine rings is 1. The number of hydrogen-bond donors (Lipinski definition) is 1. The lowest BCUT2D eigenvalue weighted by molar-refractivity contribution is -0.116. The number of nitrogens with zero attached hydrogens (tertiary/aromatic N) is 3. The molecule has 1 unspecified atom stereocenters. The van der Waals surface area contributed by atoms with Gasteiger partial charge in [-0.25, -0.2) is 9.97 Å². The lowest BCUT2D eigenvalue weighted by atomic mass is 9.90. The molecule has 0 aliphatic carbocycles. The Kier molecular flexibility index (Phi) is 8.57.